The molecule has 5 rings (SSSR count). The Morgan fingerprint density at radius 2 is 1.40 bits per heavy atom. The van der Waals surface area contributed by atoms with Crippen LogP contribution < -0.4 is 5.32 Å². The maximum Gasteiger partial charge on any atom is 0.206 e. The zero-order valence-electron chi connectivity index (χ0n) is 19.1. The fourth-order valence-electron chi connectivity index (χ4n) is 4.06. The second kappa shape index (κ2) is 9.64. The highest BCUT2D eigenvalue weighted by Gasteiger charge is 2.17. The number of benzene rings is 4. The molecule has 0 saturated carbocycles. The van der Waals surface area contributed by atoms with E-state index >= 15 is 0 Å². The van der Waals surface area contributed by atoms with Crippen LogP contribution in [0.25, 0.3) is 10.9 Å². The molecule has 0 spiro atoms. The molecule has 174 valence electrons. The maximum atomic E-state index is 13.2. The van der Waals surface area contributed by atoms with E-state index in [4.69, 9.17) is 0 Å². The summed E-state index contributed by atoms with van der Waals surface area (Å²) in [4.78, 5) is 5.14. The predicted octanol–water partition coefficient (Wildman–Crippen LogP) is 7.47. The summed E-state index contributed by atoms with van der Waals surface area (Å²) in [7, 11) is -3.61. The molecule has 4 aromatic carbocycles. The first-order valence-electron chi connectivity index (χ1n) is 11.2. The van der Waals surface area contributed by atoms with E-state index in [1.54, 1.807) is 36.4 Å². The molecule has 0 saturated heterocycles. The molecule has 0 aliphatic carbocycles. The molecule has 0 fully saturated rings. The summed E-state index contributed by atoms with van der Waals surface area (Å²) in [5, 5.41) is 4.39. The van der Waals surface area contributed by atoms with Gasteiger partial charge in [0.2, 0.25) is 9.84 Å². The Balaban J connectivity index is 1.37. The largest absolute Gasteiger partial charge is 0.355 e. The molecule has 5 aromatic rings. The number of hydrogen-bond acceptors (Lipinski definition) is 4. The number of aromatic nitrogens is 1. The Labute approximate surface area is 213 Å². The summed E-state index contributed by atoms with van der Waals surface area (Å²) in [6.45, 7) is 1.95. The molecular formula is C29H23BrN2O2S. The van der Waals surface area contributed by atoms with Crippen molar-refractivity contribution in [2.24, 2.45) is 0 Å². The summed E-state index contributed by atoms with van der Waals surface area (Å²) in [6.07, 6.45) is 0.765. The van der Waals surface area contributed by atoms with Crippen molar-refractivity contribution in [1.29, 1.82) is 0 Å². The van der Waals surface area contributed by atoms with Crippen molar-refractivity contribution in [3.63, 3.8) is 0 Å². The van der Waals surface area contributed by atoms with Crippen LogP contribution in [0.1, 0.15) is 16.8 Å². The first kappa shape index (κ1) is 23.3. The lowest BCUT2D eigenvalue weighted by Crippen LogP contribution is -2.03. The number of rotatable bonds is 6. The van der Waals surface area contributed by atoms with Crippen molar-refractivity contribution in [2.45, 2.75) is 23.1 Å². The van der Waals surface area contributed by atoms with Gasteiger partial charge in [-0.1, -0.05) is 58.4 Å². The van der Waals surface area contributed by atoms with Crippen LogP contribution in [0.4, 0.5) is 11.4 Å². The molecule has 0 radical (unpaired) electrons. The Bertz CT molecular complexity index is 1600. The average molecular weight is 543 g/mol. The quantitative estimate of drug-likeness (QED) is 0.241. The minimum absolute atomic E-state index is 0.261. The van der Waals surface area contributed by atoms with Gasteiger partial charge in [0, 0.05) is 26.9 Å². The highest BCUT2D eigenvalue weighted by atomic mass is 79.9. The predicted molar refractivity (Wildman–Crippen MR) is 145 cm³/mol. The molecule has 4 nitrogen and oxygen atoms in total. The van der Waals surface area contributed by atoms with E-state index < -0.39 is 9.84 Å². The van der Waals surface area contributed by atoms with Crippen LogP contribution in [0, 0.1) is 6.92 Å². The van der Waals surface area contributed by atoms with Gasteiger partial charge in [0.25, 0.3) is 0 Å². The van der Waals surface area contributed by atoms with Crippen molar-refractivity contribution >= 4 is 48.0 Å². The fourth-order valence-corrected chi connectivity index (χ4v) is 5.68. The molecular weight excluding hydrogens is 520 g/mol. The first-order valence-corrected chi connectivity index (χ1v) is 13.5. The standard InChI is InChI=1S/C29H23BrN2O2S/c1-20-17-29(27-19-23(30)9-16-28(27)31-20)32-24-10-14-26(15-11-24)35(33,34)25-12-7-22(8-13-25)18-21-5-3-2-4-6-21/h2-17,19H,18H2,1H3,(H,31,32). The molecule has 1 aromatic heterocycles. The number of fused-ring (bicyclic) bond motifs is 1. The summed E-state index contributed by atoms with van der Waals surface area (Å²) >= 11 is 3.52. The molecule has 0 atom stereocenters. The van der Waals surface area contributed by atoms with E-state index in [1.165, 1.54) is 5.56 Å². The van der Waals surface area contributed by atoms with Gasteiger partial charge in [-0.05, 0) is 85.1 Å². The molecule has 0 aliphatic heterocycles. The second-order valence-electron chi connectivity index (χ2n) is 8.43. The third-order valence-corrected chi connectivity index (χ3v) is 8.11. The molecule has 0 bridgehead atoms. The minimum atomic E-state index is -3.61. The number of sulfone groups is 1. The van der Waals surface area contributed by atoms with E-state index in [2.05, 4.69) is 38.4 Å². The van der Waals surface area contributed by atoms with Crippen molar-refractivity contribution in [3.05, 3.63) is 124 Å². The normalized spacial score (nSPS) is 11.5. The van der Waals surface area contributed by atoms with Crippen LogP contribution >= 0.6 is 15.9 Å². The molecule has 0 amide bonds. The van der Waals surface area contributed by atoms with Gasteiger partial charge in [0.1, 0.15) is 0 Å². The number of pyridine rings is 1. The van der Waals surface area contributed by atoms with Crippen molar-refractivity contribution in [2.75, 3.05) is 5.32 Å². The van der Waals surface area contributed by atoms with Crippen LogP contribution in [0.15, 0.2) is 117 Å². The lowest BCUT2D eigenvalue weighted by Gasteiger charge is -2.12. The number of nitrogens with zero attached hydrogens (tertiary/aromatic N) is 1. The zero-order valence-corrected chi connectivity index (χ0v) is 21.5. The molecule has 1 heterocycles. The van der Waals surface area contributed by atoms with Crippen LogP contribution in [0.3, 0.4) is 0 Å². The van der Waals surface area contributed by atoms with E-state index in [0.717, 1.165) is 44.4 Å². The monoisotopic (exact) mass is 542 g/mol. The highest BCUT2D eigenvalue weighted by molar-refractivity contribution is 9.10. The molecule has 0 aliphatic rings. The third-order valence-electron chi connectivity index (χ3n) is 5.83. The summed E-state index contributed by atoms with van der Waals surface area (Å²) in [6, 6.07) is 32.0. The van der Waals surface area contributed by atoms with Gasteiger partial charge in [-0.25, -0.2) is 8.42 Å². The van der Waals surface area contributed by atoms with Gasteiger partial charge in [0.05, 0.1) is 15.3 Å². The second-order valence-corrected chi connectivity index (χ2v) is 11.3. The van der Waals surface area contributed by atoms with Crippen LogP contribution in [0.5, 0.6) is 0 Å². The van der Waals surface area contributed by atoms with Gasteiger partial charge in [-0.3, -0.25) is 4.98 Å². The lowest BCUT2D eigenvalue weighted by molar-refractivity contribution is 0.596. The molecule has 6 heteroatoms. The van der Waals surface area contributed by atoms with E-state index in [-0.39, 0.29) is 9.79 Å². The minimum Gasteiger partial charge on any atom is -0.355 e. The molecule has 1 N–H and O–H groups in total. The van der Waals surface area contributed by atoms with Gasteiger partial charge in [-0.2, -0.15) is 0 Å². The fraction of sp³-hybridized carbons (Fsp3) is 0.0690. The number of anilines is 2. The zero-order chi connectivity index (χ0) is 24.4. The van der Waals surface area contributed by atoms with Crippen molar-refractivity contribution in [1.82, 2.24) is 4.98 Å². The van der Waals surface area contributed by atoms with Gasteiger partial charge in [-0.15, -0.1) is 0 Å². The number of aryl methyl sites for hydroxylation is 1. The van der Waals surface area contributed by atoms with E-state index in [1.807, 2.05) is 61.5 Å². The van der Waals surface area contributed by atoms with Crippen molar-refractivity contribution < 1.29 is 8.42 Å². The van der Waals surface area contributed by atoms with Crippen molar-refractivity contribution in [3.8, 4) is 0 Å². The SMILES string of the molecule is Cc1cc(Nc2ccc(S(=O)(=O)c3ccc(Cc4ccccc4)cc3)cc2)c2cc(Br)ccc2n1. The third kappa shape index (κ3) is 5.14. The Kier molecular flexibility index (Phi) is 6.41. The van der Waals surface area contributed by atoms with Gasteiger partial charge < -0.3 is 5.32 Å². The number of halogens is 1. The van der Waals surface area contributed by atoms with Crippen LogP contribution in [-0.2, 0) is 16.3 Å². The topological polar surface area (TPSA) is 59.1 Å². The van der Waals surface area contributed by atoms with Gasteiger partial charge >= 0.3 is 0 Å². The molecule has 35 heavy (non-hydrogen) atoms. The summed E-state index contributed by atoms with van der Waals surface area (Å²) < 4.78 is 27.4. The Morgan fingerprint density at radius 1 is 0.771 bits per heavy atom. The van der Waals surface area contributed by atoms with Crippen LogP contribution in [0.2, 0.25) is 0 Å². The Morgan fingerprint density at radius 3 is 2.09 bits per heavy atom. The van der Waals surface area contributed by atoms with E-state index in [9.17, 15) is 8.42 Å². The average Bonchev–Trinajstić information content (AvgIpc) is 2.86. The number of hydrogen-bond donors (Lipinski definition) is 1. The Hall–Kier alpha value is -3.48. The van der Waals surface area contributed by atoms with E-state index in [0.29, 0.717) is 0 Å². The highest BCUT2D eigenvalue weighted by Crippen LogP contribution is 2.30. The lowest BCUT2D eigenvalue weighted by atomic mass is 10.1. The summed E-state index contributed by atoms with van der Waals surface area (Å²) in [5.41, 5.74) is 5.77. The van der Waals surface area contributed by atoms with Gasteiger partial charge in [0.15, 0.2) is 0 Å². The molecule has 0 unspecified atom stereocenters. The number of nitrogens with one attached hydrogen (secondary N) is 1. The first-order chi connectivity index (χ1) is 16.9. The van der Waals surface area contributed by atoms with Crippen LogP contribution in [-0.4, -0.2) is 13.4 Å². The summed E-state index contributed by atoms with van der Waals surface area (Å²) in [5.74, 6) is 0. The maximum absolute atomic E-state index is 13.2. The smallest absolute Gasteiger partial charge is 0.206 e.